The van der Waals surface area contributed by atoms with Gasteiger partial charge in [0.2, 0.25) is 0 Å². The Morgan fingerprint density at radius 3 is 2.79 bits per heavy atom. The average molecular weight is 378 g/mol. The Hall–Kier alpha value is -1.41. The van der Waals surface area contributed by atoms with Gasteiger partial charge in [0.15, 0.2) is 0 Å². The Balaban J connectivity index is 1.47. The molecule has 2 nitrogen and oxygen atoms in total. The summed E-state index contributed by atoms with van der Waals surface area (Å²) in [5.74, 6) is 2.25. The first kappa shape index (κ1) is 18.6. The fourth-order valence-electron chi connectivity index (χ4n) is 7.59. The quantitative estimate of drug-likeness (QED) is 0.689. The summed E-state index contributed by atoms with van der Waals surface area (Å²) in [5.41, 5.74) is 6.63. The lowest BCUT2D eigenvalue weighted by molar-refractivity contribution is -0.0784. The fraction of sp³-hybridized carbons (Fsp3) is 0.654. The van der Waals surface area contributed by atoms with Gasteiger partial charge in [0.05, 0.1) is 6.10 Å². The van der Waals surface area contributed by atoms with E-state index >= 15 is 0 Å². The van der Waals surface area contributed by atoms with Gasteiger partial charge in [0.1, 0.15) is 0 Å². The molecule has 5 rings (SSSR count). The van der Waals surface area contributed by atoms with Crippen molar-refractivity contribution in [3.05, 3.63) is 47.3 Å². The van der Waals surface area contributed by atoms with Crippen LogP contribution in [-0.4, -0.2) is 16.2 Å². The summed E-state index contributed by atoms with van der Waals surface area (Å²) < 4.78 is 0. The van der Waals surface area contributed by atoms with Crippen LogP contribution < -0.4 is 0 Å². The molecule has 150 valence electrons. The van der Waals surface area contributed by atoms with Crippen LogP contribution in [0, 0.1) is 28.6 Å². The highest BCUT2D eigenvalue weighted by Gasteiger charge is 2.56. The summed E-state index contributed by atoms with van der Waals surface area (Å²) in [6.07, 6.45) is 18.4. The van der Waals surface area contributed by atoms with E-state index in [0.717, 1.165) is 37.0 Å². The number of hydrogen-bond donors (Lipinski definition) is 1. The number of hydrogen-bond acceptors (Lipinski definition) is 2. The first-order valence-electron chi connectivity index (χ1n) is 11.5. The topological polar surface area (TPSA) is 33.1 Å². The highest BCUT2D eigenvalue weighted by molar-refractivity contribution is 5.79. The standard InChI is InChI=1S/C26H35NO/c1-4-17-11-14-27-16-21(17)23-8-7-22-20-6-5-18-15-19(28)9-12-25(18,2)24(20)10-13-26(22,23)3/h7-8,11,14,16,18-20,24,28H,4-6,9-10,12-13,15H2,1-3H3/t18?,19-,20?,24?,25-,26-/m0/s1. The molecule has 0 aromatic carbocycles. The maximum Gasteiger partial charge on any atom is 0.0543 e. The highest BCUT2D eigenvalue weighted by atomic mass is 16.3. The second-order valence-electron chi connectivity index (χ2n) is 10.4. The third-order valence-electron chi connectivity index (χ3n) is 9.26. The van der Waals surface area contributed by atoms with E-state index in [-0.39, 0.29) is 11.5 Å². The van der Waals surface area contributed by atoms with E-state index in [2.05, 4.69) is 50.2 Å². The summed E-state index contributed by atoms with van der Waals surface area (Å²) in [7, 11) is 0. The molecule has 3 saturated carbocycles. The Morgan fingerprint density at radius 2 is 1.96 bits per heavy atom. The van der Waals surface area contributed by atoms with Crippen LogP contribution in [0.25, 0.3) is 5.57 Å². The number of aromatic nitrogens is 1. The molecular weight excluding hydrogens is 342 g/mol. The molecule has 4 aliphatic carbocycles. The van der Waals surface area contributed by atoms with Gasteiger partial charge < -0.3 is 5.11 Å². The molecule has 1 aromatic heterocycles. The number of allylic oxidation sites excluding steroid dienone is 4. The molecule has 0 saturated heterocycles. The van der Waals surface area contributed by atoms with E-state index in [1.165, 1.54) is 48.8 Å². The van der Waals surface area contributed by atoms with E-state index in [0.29, 0.717) is 5.41 Å². The second-order valence-corrected chi connectivity index (χ2v) is 10.4. The molecule has 4 aliphatic rings. The van der Waals surface area contributed by atoms with Crippen LogP contribution in [0.5, 0.6) is 0 Å². The van der Waals surface area contributed by atoms with Crippen molar-refractivity contribution in [2.24, 2.45) is 28.6 Å². The molecular formula is C26H35NO. The SMILES string of the molecule is CCc1ccncc1C1=CC=C2C3CCC4C[C@@H](O)CC[C@]4(C)C3CC[C@]12C. The summed E-state index contributed by atoms with van der Waals surface area (Å²) >= 11 is 0. The number of rotatable bonds is 2. The minimum absolute atomic E-state index is 0.0551. The van der Waals surface area contributed by atoms with Crippen LogP contribution in [0.3, 0.4) is 0 Å². The van der Waals surface area contributed by atoms with Crippen LogP contribution in [0.2, 0.25) is 0 Å². The predicted octanol–water partition coefficient (Wildman–Crippen LogP) is 5.96. The van der Waals surface area contributed by atoms with Crippen molar-refractivity contribution in [3.63, 3.8) is 0 Å². The molecule has 0 aliphatic heterocycles. The summed E-state index contributed by atoms with van der Waals surface area (Å²) in [5, 5.41) is 10.2. The maximum atomic E-state index is 10.2. The maximum absolute atomic E-state index is 10.2. The molecule has 1 heterocycles. The lowest BCUT2D eigenvalue weighted by atomic mass is 9.46. The van der Waals surface area contributed by atoms with E-state index in [4.69, 9.17) is 0 Å². The number of nitrogens with zero attached hydrogens (tertiary/aromatic N) is 1. The Morgan fingerprint density at radius 1 is 1.11 bits per heavy atom. The van der Waals surface area contributed by atoms with E-state index in [9.17, 15) is 5.11 Å². The van der Waals surface area contributed by atoms with Gasteiger partial charge in [-0.2, -0.15) is 0 Å². The van der Waals surface area contributed by atoms with Gasteiger partial charge in [-0.05, 0) is 91.7 Å². The zero-order valence-electron chi connectivity index (χ0n) is 17.7. The minimum Gasteiger partial charge on any atom is -0.393 e. The predicted molar refractivity (Wildman–Crippen MR) is 115 cm³/mol. The summed E-state index contributed by atoms with van der Waals surface area (Å²) in [4.78, 5) is 4.47. The number of aryl methyl sites for hydroxylation is 1. The van der Waals surface area contributed by atoms with Crippen LogP contribution in [0.15, 0.2) is 36.2 Å². The van der Waals surface area contributed by atoms with E-state index < -0.39 is 0 Å². The van der Waals surface area contributed by atoms with Crippen molar-refractivity contribution in [2.45, 2.75) is 78.2 Å². The highest BCUT2D eigenvalue weighted by Crippen LogP contribution is 2.66. The minimum atomic E-state index is -0.0551. The van der Waals surface area contributed by atoms with Gasteiger partial charge in [-0.25, -0.2) is 0 Å². The summed E-state index contributed by atoms with van der Waals surface area (Å²) in [6.45, 7) is 7.31. The van der Waals surface area contributed by atoms with E-state index in [1.54, 1.807) is 5.57 Å². The van der Waals surface area contributed by atoms with Crippen molar-refractivity contribution < 1.29 is 5.11 Å². The number of pyridine rings is 1. The molecule has 0 spiro atoms. The van der Waals surface area contributed by atoms with Crippen molar-refractivity contribution in [1.29, 1.82) is 0 Å². The molecule has 6 atom stereocenters. The van der Waals surface area contributed by atoms with Gasteiger partial charge in [0.25, 0.3) is 0 Å². The first-order chi connectivity index (χ1) is 13.5. The summed E-state index contributed by atoms with van der Waals surface area (Å²) in [6, 6.07) is 2.20. The van der Waals surface area contributed by atoms with Crippen LogP contribution in [0.1, 0.15) is 76.8 Å². The Labute approximate surface area is 170 Å². The van der Waals surface area contributed by atoms with Gasteiger partial charge in [-0.1, -0.05) is 38.5 Å². The largest absolute Gasteiger partial charge is 0.393 e. The van der Waals surface area contributed by atoms with Crippen LogP contribution in [-0.2, 0) is 6.42 Å². The zero-order valence-corrected chi connectivity index (χ0v) is 17.7. The van der Waals surface area contributed by atoms with Gasteiger partial charge in [0, 0.05) is 23.4 Å². The smallest absolute Gasteiger partial charge is 0.0543 e. The number of aliphatic hydroxyl groups excluding tert-OH is 1. The lowest BCUT2D eigenvalue weighted by Crippen LogP contribution is -2.51. The zero-order chi connectivity index (χ0) is 19.5. The fourth-order valence-corrected chi connectivity index (χ4v) is 7.59. The average Bonchev–Trinajstić information content (AvgIpc) is 3.05. The van der Waals surface area contributed by atoms with Gasteiger partial charge in [-0.15, -0.1) is 0 Å². The third kappa shape index (κ3) is 2.53. The molecule has 1 aromatic rings. The van der Waals surface area contributed by atoms with Crippen LogP contribution >= 0.6 is 0 Å². The number of fused-ring (bicyclic) bond motifs is 5. The monoisotopic (exact) mass is 377 g/mol. The molecule has 2 heteroatoms. The van der Waals surface area contributed by atoms with Crippen LogP contribution in [0.4, 0.5) is 0 Å². The second kappa shape index (κ2) is 6.55. The number of aliphatic hydroxyl groups is 1. The Bertz CT molecular complexity index is 839. The molecule has 0 amide bonds. The normalized spacial score (nSPS) is 42.1. The Kier molecular flexibility index (Phi) is 4.36. The third-order valence-corrected chi connectivity index (χ3v) is 9.26. The lowest BCUT2D eigenvalue weighted by Gasteiger charge is -2.59. The molecule has 0 bridgehead atoms. The molecule has 0 radical (unpaired) electrons. The van der Waals surface area contributed by atoms with Crippen molar-refractivity contribution in [1.82, 2.24) is 4.98 Å². The van der Waals surface area contributed by atoms with E-state index in [1.807, 2.05) is 6.20 Å². The van der Waals surface area contributed by atoms with Gasteiger partial charge >= 0.3 is 0 Å². The van der Waals surface area contributed by atoms with Crippen molar-refractivity contribution in [3.8, 4) is 0 Å². The molecule has 3 fully saturated rings. The van der Waals surface area contributed by atoms with Crippen molar-refractivity contribution >= 4 is 5.57 Å². The van der Waals surface area contributed by atoms with Crippen molar-refractivity contribution in [2.75, 3.05) is 0 Å². The van der Waals surface area contributed by atoms with Gasteiger partial charge in [-0.3, -0.25) is 4.98 Å². The first-order valence-corrected chi connectivity index (χ1v) is 11.5. The molecule has 1 N–H and O–H groups in total. The molecule has 3 unspecified atom stereocenters. The molecule has 28 heavy (non-hydrogen) atoms.